The van der Waals surface area contributed by atoms with Crippen molar-refractivity contribution >= 4 is 34.5 Å². The summed E-state index contributed by atoms with van der Waals surface area (Å²) >= 11 is 1.63. The normalized spacial score (nSPS) is 11.4. The highest BCUT2D eigenvalue weighted by atomic mass is 32.2. The van der Waals surface area contributed by atoms with E-state index in [-0.39, 0.29) is 5.91 Å². The predicted octanol–water partition coefficient (Wildman–Crippen LogP) is 5.49. The monoisotopic (exact) mass is 488 g/mol. The number of hydrogen-bond donors (Lipinski definition) is 2. The van der Waals surface area contributed by atoms with Gasteiger partial charge >= 0.3 is 0 Å². The maximum Gasteiger partial charge on any atom is 0.251 e. The highest BCUT2D eigenvalue weighted by Crippen LogP contribution is 2.26. The summed E-state index contributed by atoms with van der Waals surface area (Å²) in [6, 6.07) is 17.8. The zero-order valence-electron chi connectivity index (χ0n) is 20.7. The molecule has 0 aliphatic rings. The first-order valence-electron chi connectivity index (χ1n) is 12.0. The molecule has 0 saturated heterocycles. The maximum absolute atomic E-state index is 12.7. The molecular formula is C27H32N6OS. The van der Waals surface area contributed by atoms with Gasteiger partial charge in [0.1, 0.15) is 5.82 Å². The second-order valence-electron chi connectivity index (χ2n) is 9.10. The molecule has 0 atom stereocenters. The first-order valence-corrected chi connectivity index (χ1v) is 12.9. The number of nitrogens with one attached hydrogen (secondary N) is 2. The van der Waals surface area contributed by atoms with Crippen LogP contribution in [0.15, 0.2) is 66.0 Å². The lowest BCUT2D eigenvalue weighted by atomic mass is 10.0. The average Bonchev–Trinajstić information content (AvgIpc) is 3.25. The Morgan fingerprint density at radius 1 is 0.971 bits per heavy atom. The summed E-state index contributed by atoms with van der Waals surface area (Å²) in [4.78, 5) is 22.2. The van der Waals surface area contributed by atoms with Crippen LogP contribution in [0.3, 0.4) is 0 Å². The molecule has 0 saturated carbocycles. The minimum Gasteiger partial charge on any atom is -0.369 e. The van der Waals surface area contributed by atoms with Gasteiger partial charge < -0.3 is 10.6 Å². The molecule has 4 aromatic rings. The van der Waals surface area contributed by atoms with Crippen LogP contribution >= 0.6 is 11.8 Å². The van der Waals surface area contributed by atoms with Gasteiger partial charge in [-0.25, -0.2) is 14.6 Å². The van der Waals surface area contributed by atoms with E-state index in [0.717, 1.165) is 39.7 Å². The fraction of sp³-hybridized carbons (Fsp3) is 0.333. The molecule has 2 N–H and O–H groups in total. The number of carbonyl (C=O) groups excluding carboxylic acids is 1. The van der Waals surface area contributed by atoms with Crippen LogP contribution in [0, 0.1) is 5.92 Å². The third-order valence-corrected chi connectivity index (χ3v) is 6.22. The van der Waals surface area contributed by atoms with E-state index < -0.39 is 0 Å². The van der Waals surface area contributed by atoms with Gasteiger partial charge in [0, 0.05) is 23.9 Å². The van der Waals surface area contributed by atoms with Gasteiger partial charge in [-0.15, -0.1) is 0 Å². The summed E-state index contributed by atoms with van der Waals surface area (Å²) in [5.74, 6) is 1.19. The van der Waals surface area contributed by atoms with Crippen molar-refractivity contribution in [2.75, 3.05) is 18.4 Å². The third kappa shape index (κ3) is 6.39. The SMILES string of the molecule is CC(C)CNc1nc(SC(C)C)nc2c1cnn2CCNC(=O)c1ccc(-c2ccccc2)cc1. The molecule has 0 radical (unpaired) electrons. The van der Waals surface area contributed by atoms with Crippen LogP contribution in [0.1, 0.15) is 38.1 Å². The summed E-state index contributed by atoms with van der Waals surface area (Å²) in [7, 11) is 0. The molecule has 8 heteroatoms. The van der Waals surface area contributed by atoms with E-state index in [0.29, 0.717) is 29.8 Å². The topological polar surface area (TPSA) is 84.7 Å². The molecule has 2 aromatic heterocycles. The number of carbonyl (C=O) groups is 1. The van der Waals surface area contributed by atoms with Crippen molar-refractivity contribution in [1.82, 2.24) is 25.1 Å². The lowest BCUT2D eigenvalue weighted by Crippen LogP contribution is -2.27. The van der Waals surface area contributed by atoms with Crippen LogP contribution in [0.4, 0.5) is 5.82 Å². The van der Waals surface area contributed by atoms with Gasteiger partial charge in [0.05, 0.1) is 18.1 Å². The van der Waals surface area contributed by atoms with Gasteiger partial charge in [0.25, 0.3) is 5.91 Å². The molecule has 4 rings (SSSR count). The molecule has 0 fully saturated rings. The van der Waals surface area contributed by atoms with E-state index in [9.17, 15) is 4.79 Å². The second-order valence-corrected chi connectivity index (χ2v) is 10.6. The van der Waals surface area contributed by atoms with Crippen molar-refractivity contribution in [2.45, 2.75) is 44.6 Å². The molecule has 7 nitrogen and oxygen atoms in total. The van der Waals surface area contributed by atoms with Gasteiger partial charge in [0.15, 0.2) is 10.8 Å². The number of thioether (sulfide) groups is 1. The van der Waals surface area contributed by atoms with Crippen LogP contribution in [0.25, 0.3) is 22.2 Å². The van der Waals surface area contributed by atoms with Gasteiger partial charge in [-0.3, -0.25) is 4.79 Å². The van der Waals surface area contributed by atoms with Crippen molar-refractivity contribution in [3.05, 3.63) is 66.4 Å². The smallest absolute Gasteiger partial charge is 0.251 e. The van der Waals surface area contributed by atoms with Gasteiger partial charge in [-0.05, 0) is 29.2 Å². The Bertz CT molecular complexity index is 1270. The van der Waals surface area contributed by atoms with E-state index in [1.807, 2.05) is 47.1 Å². The lowest BCUT2D eigenvalue weighted by molar-refractivity contribution is 0.0952. The average molecular weight is 489 g/mol. The third-order valence-electron chi connectivity index (χ3n) is 5.36. The number of nitrogens with zero attached hydrogens (tertiary/aromatic N) is 4. The number of amides is 1. The van der Waals surface area contributed by atoms with Crippen molar-refractivity contribution < 1.29 is 4.79 Å². The minimum atomic E-state index is -0.106. The first kappa shape index (κ1) is 24.7. The van der Waals surface area contributed by atoms with Crippen molar-refractivity contribution in [2.24, 2.45) is 5.92 Å². The Kier molecular flexibility index (Phi) is 8.02. The minimum absolute atomic E-state index is 0.106. The second kappa shape index (κ2) is 11.4. The summed E-state index contributed by atoms with van der Waals surface area (Å²) < 4.78 is 1.83. The number of rotatable bonds is 10. The predicted molar refractivity (Wildman–Crippen MR) is 144 cm³/mol. The number of fused-ring (bicyclic) bond motifs is 1. The lowest BCUT2D eigenvalue weighted by Gasteiger charge is -2.12. The molecule has 2 heterocycles. The fourth-order valence-electron chi connectivity index (χ4n) is 3.62. The Morgan fingerprint density at radius 2 is 1.69 bits per heavy atom. The van der Waals surface area contributed by atoms with E-state index in [2.05, 4.69) is 55.6 Å². The van der Waals surface area contributed by atoms with E-state index >= 15 is 0 Å². The zero-order chi connectivity index (χ0) is 24.8. The first-order chi connectivity index (χ1) is 16.9. The highest BCUT2D eigenvalue weighted by molar-refractivity contribution is 7.99. The molecular weight excluding hydrogens is 456 g/mol. The highest BCUT2D eigenvalue weighted by Gasteiger charge is 2.15. The van der Waals surface area contributed by atoms with Gasteiger partial charge in [-0.2, -0.15) is 5.10 Å². The molecule has 2 aromatic carbocycles. The van der Waals surface area contributed by atoms with E-state index in [1.165, 1.54) is 0 Å². The summed E-state index contributed by atoms with van der Waals surface area (Å²) in [5, 5.41) is 13.0. The zero-order valence-corrected chi connectivity index (χ0v) is 21.5. The van der Waals surface area contributed by atoms with Crippen molar-refractivity contribution in [1.29, 1.82) is 0 Å². The van der Waals surface area contributed by atoms with Crippen molar-refractivity contribution in [3.63, 3.8) is 0 Å². The molecule has 35 heavy (non-hydrogen) atoms. The Balaban J connectivity index is 1.43. The molecule has 0 aliphatic heterocycles. The summed E-state index contributed by atoms with van der Waals surface area (Å²) in [6.07, 6.45) is 1.80. The van der Waals surface area contributed by atoms with Crippen LogP contribution in [0.5, 0.6) is 0 Å². The molecule has 0 bridgehead atoms. The van der Waals surface area contributed by atoms with E-state index in [1.54, 1.807) is 18.0 Å². The Morgan fingerprint density at radius 3 is 2.37 bits per heavy atom. The van der Waals surface area contributed by atoms with E-state index in [4.69, 9.17) is 9.97 Å². The summed E-state index contributed by atoms with van der Waals surface area (Å²) in [6.45, 7) is 10.4. The number of anilines is 1. The van der Waals surface area contributed by atoms with Crippen LogP contribution in [-0.4, -0.2) is 44.0 Å². The standard InChI is InChI=1S/C27H32N6OS/c1-18(2)16-29-24-23-17-30-33(25(23)32-27(31-24)35-19(3)4)15-14-28-26(34)22-12-10-21(11-13-22)20-8-6-5-7-9-20/h5-13,17-19H,14-16H2,1-4H3,(H,28,34)(H,29,31,32). The molecule has 1 amide bonds. The number of hydrogen-bond acceptors (Lipinski definition) is 6. The largest absolute Gasteiger partial charge is 0.369 e. The maximum atomic E-state index is 12.7. The van der Waals surface area contributed by atoms with Gasteiger partial charge in [-0.1, -0.05) is 81.9 Å². The quantitative estimate of drug-likeness (QED) is 0.227. The molecule has 0 spiro atoms. The van der Waals surface area contributed by atoms with Gasteiger partial charge in [0.2, 0.25) is 0 Å². The van der Waals surface area contributed by atoms with Crippen LogP contribution < -0.4 is 10.6 Å². The van der Waals surface area contributed by atoms with Crippen LogP contribution in [-0.2, 0) is 6.54 Å². The molecule has 182 valence electrons. The Hall–Kier alpha value is -3.39. The van der Waals surface area contributed by atoms with Crippen LogP contribution in [0.2, 0.25) is 0 Å². The molecule has 0 aliphatic carbocycles. The molecule has 0 unspecified atom stereocenters. The summed E-state index contributed by atoms with van der Waals surface area (Å²) in [5.41, 5.74) is 3.62. The fourth-order valence-corrected chi connectivity index (χ4v) is 4.32. The number of aromatic nitrogens is 4. The van der Waals surface area contributed by atoms with Crippen molar-refractivity contribution in [3.8, 4) is 11.1 Å². The Labute approximate surface area is 210 Å². The number of benzene rings is 2.